The minimum atomic E-state index is -0.624. The summed E-state index contributed by atoms with van der Waals surface area (Å²) in [5.41, 5.74) is 5.22. The molecule has 84 valence electrons. The summed E-state index contributed by atoms with van der Waals surface area (Å²) in [5, 5.41) is 10.6. The van der Waals surface area contributed by atoms with Crippen LogP contribution in [0.15, 0.2) is 0 Å². The number of nitrogens with two attached hydrogens (primary N) is 1. The van der Waals surface area contributed by atoms with Crippen molar-refractivity contribution in [3.05, 3.63) is 0 Å². The van der Waals surface area contributed by atoms with Crippen molar-refractivity contribution in [2.75, 3.05) is 0 Å². The molecule has 1 aliphatic rings. The van der Waals surface area contributed by atoms with Crippen molar-refractivity contribution in [1.29, 1.82) is 0 Å². The molecule has 0 heterocycles. The molecule has 1 rings (SSSR count). The highest BCUT2D eigenvalue weighted by Crippen LogP contribution is 2.40. The van der Waals surface area contributed by atoms with Crippen LogP contribution < -0.4 is 5.73 Å². The molecule has 14 heavy (non-hydrogen) atoms. The Morgan fingerprint density at radius 1 is 1.57 bits per heavy atom. The summed E-state index contributed by atoms with van der Waals surface area (Å²) in [6.45, 7) is 6.35. The smallest absolute Gasteiger partial charge is 0.0826 e. The molecular formula is C12H25NO. The van der Waals surface area contributed by atoms with Crippen molar-refractivity contribution in [3.63, 3.8) is 0 Å². The minimum Gasteiger partial charge on any atom is -0.388 e. The first kappa shape index (κ1) is 12.0. The lowest BCUT2D eigenvalue weighted by Crippen LogP contribution is -2.60. The molecule has 3 N–H and O–H groups in total. The van der Waals surface area contributed by atoms with Crippen molar-refractivity contribution in [2.24, 2.45) is 11.7 Å². The van der Waals surface area contributed by atoms with E-state index < -0.39 is 11.1 Å². The second kappa shape index (κ2) is 4.19. The Morgan fingerprint density at radius 2 is 2.21 bits per heavy atom. The Hall–Kier alpha value is -0.0800. The van der Waals surface area contributed by atoms with Crippen LogP contribution in [0.4, 0.5) is 0 Å². The van der Waals surface area contributed by atoms with Crippen molar-refractivity contribution in [3.8, 4) is 0 Å². The first-order chi connectivity index (χ1) is 6.41. The zero-order valence-corrected chi connectivity index (χ0v) is 9.84. The summed E-state index contributed by atoms with van der Waals surface area (Å²) in [4.78, 5) is 0. The van der Waals surface area contributed by atoms with Gasteiger partial charge in [0, 0.05) is 5.54 Å². The lowest BCUT2D eigenvalue weighted by atomic mass is 9.67. The monoisotopic (exact) mass is 199 g/mol. The number of aliphatic hydroxyl groups is 1. The molecule has 1 aliphatic carbocycles. The summed E-state index contributed by atoms with van der Waals surface area (Å²) in [5.74, 6) is 0.619. The van der Waals surface area contributed by atoms with Crippen LogP contribution in [0.25, 0.3) is 0 Å². The highest BCUT2D eigenvalue weighted by molar-refractivity contribution is 5.02. The topological polar surface area (TPSA) is 46.2 Å². The second-order valence-corrected chi connectivity index (χ2v) is 5.40. The highest BCUT2D eigenvalue weighted by Gasteiger charge is 2.45. The number of rotatable bonds is 3. The lowest BCUT2D eigenvalue weighted by Gasteiger charge is -2.47. The lowest BCUT2D eigenvalue weighted by molar-refractivity contribution is -0.0739. The van der Waals surface area contributed by atoms with E-state index in [9.17, 15) is 5.11 Å². The van der Waals surface area contributed by atoms with Gasteiger partial charge in [-0.2, -0.15) is 0 Å². The molecule has 0 aliphatic heterocycles. The van der Waals surface area contributed by atoms with Crippen LogP contribution in [0.5, 0.6) is 0 Å². The number of hydrogen-bond donors (Lipinski definition) is 2. The quantitative estimate of drug-likeness (QED) is 0.733. The summed E-state index contributed by atoms with van der Waals surface area (Å²) in [6, 6.07) is 0. The fourth-order valence-electron chi connectivity index (χ4n) is 2.79. The SMILES string of the molecule is CCCC(C)(N)C1(O)CCCC(C)C1. The van der Waals surface area contributed by atoms with Gasteiger partial charge in [0.05, 0.1) is 5.60 Å². The summed E-state index contributed by atoms with van der Waals surface area (Å²) in [6.07, 6.45) is 6.07. The van der Waals surface area contributed by atoms with Gasteiger partial charge in [0.2, 0.25) is 0 Å². The zero-order valence-electron chi connectivity index (χ0n) is 9.84. The van der Waals surface area contributed by atoms with Gasteiger partial charge < -0.3 is 10.8 Å². The van der Waals surface area contributed by atoms with Crippen molar-refractivity contribution >= 4 is 0 Å². The van der Waals surface area contributed by atoms with Gasteiger partial charge in [-0.05, 0) is 32.1 Å². The molecule has 0 radical (unpaired) electrons. The van der Waals surface area contributed by atoms with E-state index >= 15 is 0 Å². The molecule has 0 bridgehead atoms. The Morgan fingerprint density at radius 3 is 2.71 bits per heavy atom. The van der Waals surface area contributed by atoms with Gasteiger partial charge in [0.25, 0.3) is 0 Å². The third-order valence-electron chi connectivity index (χ3n) is 3.81. The fourth-order valence-corrected chi connectivity index (χ4v) is 2.79. The van der Waals surface area contributed by atoms with Crippen LogP contribution in [0.3, 0.4) is 0 Å². The maximum Gasteiger partial charge on any atom is 0.0826 e. The van der Waals surface area contributed by atoms with Gasteiger partial charge in [0.15, 0.2) is 0 Å². The minimum absolute atomic E-state index is 0.406. The van der Waals surface area contributed by atoms with Gasteiger partial charge in [-0.3, -0.25) is 0 Å². The molecule has 2 heteroatoms. The van der Waals surface area contributed by atoms with Crippen molar-refractivity contribution < 1.29 is 5.11 Å². The Bertz CT molecular complexity index is 191. The Labute approximate surface area is 87.9 Å². The average molecular weight is 199 g/mol. The third-order valence-corrected chi connectivity index (χ3v) is 3.81. The van der Waals surface area contributed by atoms with E-state index in [1.807, 2.05) is 6.92 Å². The van der Waals surface area contributed by atoms with E-state index in [0.29, 0.717) is 5.92 Å². The molecule has 0 aromatic heterocycles. The van der Waals surface area contributed by atoms with Crippen LogP contribution in [-0.2, 0) is 0 Å². The molecule has 1 saturated carbocycles. The van der Waals surface area contributed by atoms with Crippen LogP contribution in [-0.4, -0.2) is 16.2 Å². The highest BCUT2D eigenvalue weighted by atomic mass is 16.3. The first-order valence-electron chi connectivity index (χ1n) is 5.92. The van der Waals surface area contributed by atoms with E-state index in [4.69, 9.17) is 5.73 Å². The Balaban J connectivity index is 2.71. The largest absolute Gasteiger partial charge is 0.388 e. The first-order valence-corrected chi connectivity index (χ1v) is 5.92. The second-order valence-electron chi connectivity index (χ2n) is 5.40. The predicted octanol–water partition coefficient (Wildman–Crippen LogP) is 2.45. The van der Waals surface area contributed by atoms with E-state index in [-0.39, 0.29) is 0 Å². The van der Waals surface area contributed by atoms with Gasteiger partial charge in [-0.25, -0.2) is 0 Å². The molecular weight excluding hydrogens is 174 g/mol. The molecule has 2 nitrogen and oxygen atoms in total. The van der Waals surface area contributed by atoms with Crippen LogP contribution in [0.2, 0.25) is 0 Å². The Kier molecular flexibility index (Phi) is 3.59. The number of hydrogen-bond acceptors (Lipinski definition) is 2. The van der Waals surface area contributed by atoms with Crippen LogP contribution in [0, 0.1) is 5.92 Å². The van der Waals surface area contributed by atoms with E-state index in [1.54, 1.807) is 0 Å². The molecule has 0 aromatic rings. The molecule has 0 aromatic carbocycles. The summed E-state index contributed by atoms with van der Waals surface area (Å²) < 4.78 is 0. The maximum atomic E-state index is 10.6. The fraction of sp³-hybridized carbons (Fsp3) is 1.00. The van der Waals surface area contributed by atoms with Gasteiger partial charge >= 0.3 is 0 Å². The van der Waals surface area contributed by atoms with Gasteiger partial charge in [-0.1, -0.05) is 33.1 Å². The third kappa shape index (κ3) is 2.29. The summed E-state index contributed by atoms with van der Waals surface area (Å²) >= 11 is 0. The van der Waals surface area contributed by atoms with E-state index in [1.165, 1.54) is 6.42 Å². The molecule has 3 atom stereocenters. The molecule has 1 fully saturated rings. The molecule has 0 spiro atoms. The standard InChI is InChI=1S/C12H25NO/c1-4-7-11(3,13)12(14)8-5-6-10(2)9-12/h10,14H,4-9,13H2,1-3H3. The van der Waals surface area contributed by atoms with Gasteiger partial charge in [0.1, 0.15) is 0 Å². The predicted molar refractivity (Wildman–Crippen MR) is 60.1 cm³/mol. The van der Waals surface area contributed by atoms with E-state index in [0.717, 1.165) is 32.1 Å². The van der Waals surface area contributed by atoms with E-state index in [2.05, 4.69) is 13.8 Å². The molecule has 0 saturated heterocycles. The van der Waals surface area contributed by atoms with Crippen molar-refractivity contribution in [2.45, 2.75) is 70.4 Å². The van der Waals surface area contributed by atoms with Crippen molar-refractivity contribution in [1.82, 2.24) is 0 Å². The average Bonchev–Trinajstić information content (AvgIpc) is 2.03. The maximum absolute atomic E-state index is 10.6. The van der Waals surface area contributed by atoms with Gasteiger partial charge in [-0.15, -0.1) is 0 Å². The zero-order chi connectivity index (χ0) is 10.8. The van der Waals surface area contributed by atoms with Crippen LogP contribution >= 0.6 is 0 Å². The molecule has 3 unspecified atom stereocenters. The summed E-state index contributed by atoms with van der Waals surface area (Å²) in [7, 11) is 0. The van der Waals surface area contributed by atoms with Crippen LogP contribution in [0.1, 0.15) is 59.3 Å². The molecule has 0 amide bonds. The normalized spacial score (nSPS) is 37.9.